The average molecular weight is 492 g/mol. The van der Waals surface area contributed by atoms with E-state index >= 15 is 0 Å². The van der Waals surface area contributed by atoms with E-state index in [-0.39, 0.29) is 12.3 Å². The molecule has 0 aromatic heterocycles. The molecule has 3 aromatic carbocycles. The van der Waals surface area contributed by atoms with Crippen molar-refractivity contribution in [1.29, 1.82) is 0 Å². The standard InChI is InChI=1S/C22H20BrClN2O4/c1-29-21-11-10-19(23)18(13-25-12-16-4-2-3-5-20(16)24)22(21)30-14-15-6-8-17(9-7-15)26(27)28/h2-11,25H,12-14H2,1H3. The van der Waals surface area contributed by atoms with Crippen LogP contribution in [-0.4, -0.2) is 12.0 Å². The molecule has 6 nitrogen and oxygen atoms in total. The van der Waals surface area contributed by atoms with E-state index in [9.17, 15) is 10.1 Å². The topological polar surface area (TPSA) is 73.6 Å². The van der Waals surface area contributed by atoms with Crippen LogP contribution in [0.15, 0.2) is 65.1 Å². The minimum Gasteiger partial charge on any atom is -0.493 e. The molecule has 1 N–H and O–H groups in total. The second kappa shape index (κ2) is 10.4. The normalized spacial score (nSPS) is 10.6. The van der Waals surface area contributed by atoms with Gasteiger partial charge in [0, 0.05) is 40.3 Å². The summed E-state index contributed by atoms with van der Waals surface area (Å²) < 4.78 is 12.4. The smallest absolute Gasteiger partial charge is 0.269 e. The van der Waals surface area contributed by atoms with Crippen LogP contribution in [0.1, 0.15) is 16.7 Å². The van der Waals surface area contributed by atoms with E-state index in [2.05, 4.69) is 21.2 Å². The fourth-order valence-corrected chi connectivity index (χ4v) is 3.55. The molecule has 30 heavy (non-hydrogen) atoms. The highest BCUT2D eigenvalue weighted by Gasteiger charge is 2.15. The molecule has 3 aromatic rings. The van der Waals surface area contributed by atoms with Crippen molar-refractivity contribution in [3.05, 3.63) is 97.0 Å². The van der Waals surface area contributed by atoms with Gasteiger partial charge in [0.25, 0.3) is 5.69 Å². The summed E-state index contributed by atoms with van der Waals surface area (Å²) >= 11 is 9.81. The van der Waals surface area contributed by atoms with E-state index in [0.29, 0.717) is 29.6 Å². The van der Waals surface area contributed by atoms with Crippen molar-refractivity contribution in [1.82, 2.24) is 5.32 Å². The van der Waals surface area contributed by atoms with Gasteiger partial charge in [-0.3, -0.25) is 10.1 Å². The van der Waals surface area contributed by atoms with E-state index in [1.165, 1.54) is 12.1 Å². The summed E-state index contributed by atoms with van der Waals surface area (Å²) in [6.45, 7) is 1.38. The van der Waals surface area contributed by atoms with Gasteiger partial charge in [0.15, 0.2) is 11.5 Å². The highest BCUT2D eigenvalue weighted by Crippen LogP contribution is 2.37. The molecule has 8 heteroatoms. The van der Waals surface area contributed by atoms with E-state index in [4.69, 9.17) is 21.1 Å². The first-order chi connectivity index (χ1) is 14.5. The van der Waals surface area contributed by atoms with Gasteiger partial charge in [0.05, 0.1) is 12.0 Å². The molecule has 0 heterocycles. The number of rotatable bonds is 9. The van der Waals surface area contributed by atoms with Crippen molar-refractivity contribution < 1.29 is 14.4 Å². The van der Waals surface area contributed by atoms with E-state index < -0.39 is 4.92 Å². The Labute approximate surface area is 188 Å². The molecule has 156 valence electrons. The molecule has 0 fully saturated rings. The number of non-ortho nitro benzene ring substituents is 1. The molecule has 0 bridgehead atoms. The van der Waals surface area contributed by atoms with Gasteiger partial charge in [-0.25, -0.2) is 0 Å². The average Bonchev–Trinajstić information content (AvgIpc) is 2.75. The third kappa shape index (κ3) is 5.50. The van der Waals surface area contributed by atoms with Gasteiger partial charge in [0.2, 0.25) is 0 Å². The number of benzene rings is 3. The Morgan fingerprint density at radius 3 is 2.47 bits per heavy atom. The highest BCUT2D eigenvalue weighted by atomic mass is 79.9. The lowest BCUT2D eigenvalue weighted by atomic mass is 10.1. The molecule has 0 aliphatic rings. The third-order valence-electron chi connectivity index (χ3n) is 4.49. The van der Waals surface area contributed by atoms with Crippen molar-refractivity contribution >= 4 is 33.2 Å². The number of methoxy groups -OCH3 is 1. The van der Waals surface area contributed by atoms with Crippen LogP contribution in [-0.2, 0) is 19.7 Å². The summed E-state index contributed by atoms with van der Waals surface area (Å²) in [5.41, 5.74) is 2.77. The van der Waals surface area contributed by atoms with Gasteiger partial charge >= 0.3 is 0 Å². The second-order valence-corrected chi connectivity index (χ2v) is 7.73. The van der Waals surface area contributed by atoms with Gasteiger partial charge < -0.3 is 14.8 Å². The molecule has 0 radical (unpaired) electrons. The molecule has 0 atom stereocenters. The molecule has 0 aliphatic heterocycles. The number of ether oxygens (including phenoxy) is 2. The van der Waals surface area contributed by atoms with Crippen LogP contribution in [0.4, 0.5) is 5.69 Å². The SMILES string of the molecule is COc1ccc(Br)c(CNCc2ccccc2Cl)c1OCc1ccc([N+](=O)[O-])cc1. The van der Waals surface area contributed by atoms with Crippen molar-refractivity contribution in [2.45, 2.75) is 19.7 Å². The lowest BCUT2D eigenvalue weighted by Crippen LogP contribution is -2.15. The largest absolute Gasteiger partial charge is 0.493 e. The van der Waals surface area contributed by atoms with Gasteiger partial charge in [-0.05, 0) is 41.5 Å². The monoisotopic (exact) mass is 490 g/mol. The van der Waals surface area contributed by atoms with E-state index in [1.807, 2.05) is 36.4 Å². The lowest BCUT2D eigenvalue weighted by molar-refractivity contribution is -0.384. The number of nitrogens with zero attached hydrogens (tertiary/aromatic N) is 1. The quantitative estimate of drug-likeness (QED) is 0.298. The number of nitro groups is 1. The third-order valence-corrected chi connectivity index (χ3v) is 5.60. The van der Waals surface area contributed by atoms with Gasteiger partial charge in [0.1, 0.15) is 6.61 Å². The van der Waals surface area contributed by atoms with Crippen LogP contribution in [0.3, 0.4) is 0 Å². The maximum Gasteiger partial charge on any atom is 0.269 e. The number of halogens is 2. The van der Waals surface area contributed by atoms with Crippen LogP contribution in [0.2, 0.25) is 5.02 Å². The summed E-state index contributed by atoms with van der Waals surface area (Å²) in [6.07, 6.45) is 0. The summed E-state index contributed by atoms with van der Waals surface area (Å²) in [7, 11) is 1.59. The highest BCUT2D eigenvalue weighted by molar-refractivity contribution is 9.10. The number of nitrogens with one attached hydrogen (secondary N) is 1. The number of nitro benzene ring substituents is 1. The Balaban J connectivity index is 1.74. The van der Waals surface area contributed by atoms with Crippen LogP contribution in [0.25, 0.3) is 0 Å². The predicted octanol–water partition coefficient (Wildman–Crippen LogP) is 5.89. The minimum absolute atomic E-state index is 0.0447. The summed E-state index contributed by atoms with van der Waals surface area (Å²) in [5.74, 6) is 1.21. The lowest BCUT2D eigenvalue weighted by Gasteiger charge is -2.17. The first-order valence-corrected chi connectivity index (χ1v) is 10.3. The van der Waals surface area contributed by atoms with Crippen molar-refractivity contribution in [2.75, 3.05) is 7.11 Å². The molecule has 0 saturated heterocycles. The minimum atomic E-state index is -0.426. The van der Waals surface area contributed by atoms with E-state index in [0.717, 1.165) is 21.2 Å². The molecular weight excluding hydrogens is 472 g/mol. The summed E-state index contributed by atoms with van der Waals surface area (Å²) in [6, 6.07) is 17.7. The Kier molecular flexibility index (Phi) is 7.68. The zero-order valence-corrected chi connectivity index (χ0v) is 18.6. The van der Waals surface area contributed by atoms with Crippen LogP contribution < -0.4 is 14.8 Å². The van der Waals surface area contributed by atoms with E-state index in [1.54, 1.807) is 19.2 Å². The Morgan fingerprint density at radius 2 is 1.80 bits per heavy atom. The predicted molar refractivity (Wildman–Crippen MR) is 120 cm³/mol. The summed E-state index contributed by atoms with van der Waals surface area (Å²) in [5, 5.41) is 14.9. The van der Waals surface area contributed by atoms with Gasteiger partial charge in [-0.1, -0.05) is 45.7 Å². The van der Waals surface area contributed by atoms with Crippen molar-refractivity contribution in [3.63, 3.8) is 0 Å². The first-order valence-electron chi connectivity index (χ1n) is 9.15. The van der Waals surface area contributed by atoms with Crippen LogP contribution in [0.5, 0.6) is 11.5 Å². The zero-order chi connectivity index (χ0) is 21.5. The molecule has 3 rings (SSSR count). The molecule has 0 aliphatic carbocycles. The maximum absolute atomic E-state index is 10.8. The molecule has 0 amide bonds. The molecular formula is C22H20BrClN2O4. The molecule has 0 saturated carbocycles. The van der Waals surface area contributed by atoms with Crippen LogP contribution in [0, 0.1) is 10.1 Å². The Bertz CT molecular complexity index is 1030. The molecule has 0 spiro atoms. The molecule has 0 unspecified atom stereocenters. The number of hydrogen-bond acceptors (Lipinski definition) is 5. The van der Waals surface area contributed by atoms with Crippen molar-refractivity contribution in [3.8, 4) is 11.5 Å². The van der Waals surface area contributed by atoms with Gasteiger partial charge in [-0.2, -0.15) is 0 Å². The maximum atomic E-state index is 10.8. The second-order valence-electron chi connectivity index (χ2n) is 6.46. The first kappa shape index (κ1) is 22.1. The number of hydrogen-bond donors (Lipinski definition) is 1. The Morgan fingerprint density at radius 1 is 1.07 bits per heavy atom. The Hall–Kier alpha value is -2.61. The fraction of sp³-hybridized carbons (Fsp3) is 0.182. The summed E-state index contributed by atoms with van der Waals surface area (Å²) in [4.78, 5) is 10.4. The van der Waals surface area contributed by atoms with Gasteiger partial charge in [-0.15, -0.1) is 0 Å². The van der Waals surface area contributed by atoms with Crippen LogP contribution >= 0.6 is 27.5 Å². The van der Waals surface area contributed by atoms with Crippen molar-refractivity contribution in [2.24, 2.45) is 0 Å². The fourth-order valence-electron chi connectivity index (χ4n) is 2.90. The zero-order valence-electron chi connectivity index (χ0n) is 16.2.